The second-order valence-corrected chi connectivity index (χ2v) is 4.65. The molecule has 0 radical (unpaired) electrons. The van der Waals surface area contributed by atoms with Gasteiger partial charge in [-0.25, -0.2) is 0 Å². The molecular weight excluding hydrogens is 212 g/mol. The van der Waals surface area contributed by atoms with Crippen LogP contribution in [0.5, 0.6) is 5.75 Å². The first-order valence-electron chi connectivity index (χ1n) is 6.57. The number of benzene rings is 1. The molecule has 0 aliphatic heterocycles. The second-order valence-electron chi connectivity index (χ2n) is 4.65. The summed E-state index contributed by atoms with van der Waals surface area (Å²) in [5, 5.41) is 0. The van der Waals surface area contributed by atoms with Crippen LogP contribution in [0.3, 0.4) is 0 Å². The molecule has 0 aromatic heterocycles. The Kier molecular flexibility index (Phi) is 4.18. The summed E-state index contributed by atoms with van der Waals surface area (Å²) < 4.78 is 5.68. The van der Waals surface area contributed by atoms with Gasteiger partial charge in [0.25, 0.3) is 0 Å². The van der Waals surface area contributed by atoms with E-state index in [2.05, 4.69) is 6.07 Å². The van der Waals surface area contributed by atoms with E-state index in [1.165, 1.54) is 37.7 Å². The van der Waals surface area contributed by atoms with Crippen LogP contribution in [0.1, 0.15) is 60.9 Å². The smallest absolute Gasteiger partial charge is 0.153 e. The van der Waals surface area contributed by atoms with Crippen molar-refractivity contribution in [2.45, 2.75) is 44.9 Å². The molecule has 1 aliphatic rings. The van der Waals surface area contributed by atoms with E-state index >= 15 is 0 Å². The van der Waals surface area contributed by atoms with Crippen molar-refractivity contribution in [3.05, 3.63) is 29.3 Å². The molecule has 0 spiro atoms. The highest BCUT2D eigenvalue weighted by molar-refractivity contribution is 5.80. The molecule has 2 rings (SSSR count). The van der Waals surface area contributed by atoms with Crippen molar-refractivity contribution in [3.8, 4) is 5.75 Å². The van der Waals surface area contributed by atoms with Gasteiger partial charge in [0.1, 0.15) is 5.75 Å². The fourth-order valence-corrected chi connectivity index (χ4v) is 2.71. The maximum absolute atomic E-state index is 11.1. The van der Waals surface area contributed by atoms with Gasteiger partial charge in [-0.05, 0) is 37.3 Å². The molecule has 92 valence electrons. The predicted molar refractivity (Wildman–Crippen MR) is 68.8 cm³/mol. The lowest BCUT2D eigenvalue weighted by molar-refractivity contribution is 0.111. The van der Waals surface area contributed by atoms with E-state index < -0.39 is 0 Å². The number of rotatable bonds is 4. The van der Waals surface area contributed by atoms with Gasteiger partial charge >= 0.3 is 0 Å². The third-order valence-electron chi connectivity index (χ3n) is 3.54. The van der Waals surface area contributed by atoms with Gasteiger partial charge in [0.05, 0.1) is 12.2 Å². The minimum absolute atomic E-state index is 0.574. The van der Waals surface area contributed by atoms with Crippen molar-refractivity contribution >= 4 is 6.29 Å². The number of hydrogen-bond acceptors (Lipinski definition) is 2. The Morgan fingerprint density at radius 3 is 2.71 bits per heavy atom. The van der Waals surface area contributed by atoms with Crippen LogP contribution in [0, 0.1) is 0 Å². The monoisotopic (exact) mass is 232 g/mol. The molecule has 0 saturated heterocycles. The van der Waals surface area contributed by atoms with Crippen molar-refractivity contribution in [1.29, 1.82) is 0 Å². The highest BCUT2D eigenvalue weighted by Crippen LogP contribution is 2.38. The predicted octanol–water partition coefficient (Wildman–Crippen LogP) is 3.95. The molecule has 0 unspecified atom stereocenters. The van der Waals surface area contributed by atoms with Crippen molar-refractivity contribution in [2.24, 2.45) is 0 Å². The van der Waals surface area contributed by atoms with Crippen molar-refractivity contribution in [3.63, 3.8) is 0 Å². The zero-order chi connectivity index (χ0) is 12.1. The Hall–Kier alpha value is -1.31. The number of ether oxygens (including phenoxy) is 1. The molecule has 1 saturated carbocycles. The van der Waals surface area contributed by atoms with Crippen LogP contribution in [-0.4, -0.2) is 12.9 Å². The summed E-state index contributed by atoms with van der Waals surface area (Å²) in [5.74, 6) is 1.39. The van der Waals surface area contributed by atoms with Gasteiger partial charge in [-0.3, -0.25) is 4.79 Å². The van der Waals surface area contributed by atoms with Crippen LogP contribution >= 0.6 is 0 Å². The molecule has 17 heavy (non-hydrogen) atoms. The van der Waals surface area contributed by atoms with Crippen LogP contribution in [0.4, 0.5) is 0 Å². The first-order valence-corrected chi connectivity index (χ1v) is 6.57. The van der Waals surface area contributed by atoms with E-state index in [4.69, 9.17) is 4.74 Å². The van der Waals surface area contributed by atoms with Gasteiger partial charge < -0.3 is 4.74 Å². The van der Waals surface area contributed by atoms with Crippen LogP contribution in [-0.2, 0) is 0 Å². The van der Waals surface area contributed by atoms with Gasteiger partial charge in [-0.1, -0.05) is 31.4 Å². The first kappa shape index (κ1) is 12.2. The number of para-hydroxylation sites is 1. The van der Waals surface area contributed by atoms with E-state index in [1.54, 1.807) is 0 Å². The van der Waals surface area contributed by atoms with Gasteiger partial charge in [0.2, 0.25) is 0 Å². The average Bonchev–Trinajstić information content (AvgIpc) is 2.40. The Labute approximate surface area is 103 Å². The fourth-order valence-electron chi connectivity index (χ4n) is 2.71. The standard InChI is InChI=1S/C15H20O2/c1-2-17-15-13(11-16)9-6-10-14(15)12-7-4-3-5-8-12/h6,9-12H,2-5,7-8H2,1H3. The molecule has 1 aromatic carbocycles. The molecule has 1 aliphatic carbocycles. The minimum Gasteiger partial charge on any atom is -0.493 e. The summed E-state index contributed by atoms with van der Waals surface area (Å²) in [6.45, 7) is 2.58. The summed E-state index contributed by atoms with van der Waals surface area (Å²) in [4.78, 5) is 11.1. The third kappa shape index (κ3) is 2.68. The Bertz CT molecular complexity index is 379. The Balaban J connectivity index is 2.33. The molecule has 0 amide bonds. The molecule has 2 heteroatoms. The SMILES string of the molecule is CCOc1c(C=O)cccc1C1CCCCC1. The van der Waals surface area contributed by atoms with Crippen molar-refractivity contribution in [1.82, 2.24) is 0 Å². The summed E-state index contributed by atoms with van der Waals surface area (Å²) in [6.07, 6.45) is 7.28. The van der Waals surface area contributed by atoms with E-state index in [9.17, 15) is 4.79 Å². The van der Waals surface area contributed by atoms with Gasteiger partial charge in [-0.2, -0.15) is 0 Å². The first-order chi connectivity index (χ1) is 8.36. The Morgan fingerprint density at radius 1 is 1.29 bits per heavy atom. The van der Waals surface area contributed by atoms with E-state index in [0.29, 0.717) is 18.1 Å². The summed E-state index contributed by atoms with van der Waals surface area (Å²) in [6, 6.07) is 5.93. The number of aldehydes is 1. The lowest BCUT2D eigenvalue weighted by Crippen LogP contribution is -2.08. The highest BCUT2D eigenvalue weighted by atomic mass is 16.5. The van der Waals surface area contributed by atoms with Crippen LogP contribution in [0.25, 0.3) is 0 Å². The van der Waals surface area contributed by atoms with E-state index in [-0.39, 0.29) is 0 Å². The molecule has 0 heterocycles. The number of hydrogen-bond donors (Lipinski definition) is 0. The minimum atomic E-state index is 0.574. The molecule has 1 aromatic rings. The molecule has 0 N–H and O–H groups in total. The van der Waals surface area contributed by atoms with Gasteiger partial charge in [0.15, 0.2) is 6.29 Å². The molecule has 1 fully saturated rings. The van der Waals surface area contributed by atoms with Gasteiger partial charge in [-0.15, -0.1) is 0 Å². The quantitative estimate of drug-likeness (QED) is 0.735. The lowest BCUT2D eigenvalue weighted by atomic mass is 9.83. The molecule has 2 nitrogen and oxygen atoms in total. The number of carbonyl (C=O) groups is 1. The molecule has 0 bridgehead atoms. The molecule has 0 atom stereocenters. The van der Waals surface area contributed by atoms with E-state index in [0.717, 1.165) is 12.0 Å². The zero-order valence-corrected chi connectivity index (χ0v) is 10.4. The van der Waals surface area contributed by atoms with Crippen molar-refractivity contribution in [2.75, 3.05) is 6.61 Å². The second kappa shape index (κ2) is 5.85. The number of carbonyl (C=O) groups excluding carboxylic acids is 1. The van der Waals surface area contributed by atoms with Crippen LogP contribution in [0.15, 0.2) is 18.2 Å². The average molecular weight is 232 g/mol. The van der Waals surface area contributed by atoms with Crippen LogP contribution < -0.4 is 4.74 Å². The fraction of sp³-hybridized carbons (Fsp3) is 0.533. The van der Waals surface area contributed by atoms with Crippen LogP contribution in [0.2, 0.25) is 0 Å². The summed E-state index contributed by atoms with van der Waals surface area (Å²) >= 11 is 0. The third-order valence-corrected chi connectivity index (χ3v) is 3.54. The highest BCUT2D eigenvalue weighted by Gasteiger charge is 2.20. The lowest BCUT2D eigenvalue weighted by Gasteiger charge is -2.24. The van der Waals surface area contributed by atoms with Gasteiger partial charge in [0, 0.05) is 0 Å². The largest absolute Gasteiger partial charge is 0.493 e. The maximum atomic E-state index is 11.1. The Morgan fingerprint density at radius 2 is 2.06 bits per heavy atom. The normalized spacial score (nSPS) is 16.8. The maximum Gasteiger partial charge on any atom is 0.153 e. The summed E-state index contributed by atoms with van der Waals surface area (Å²) in [7, 11) is 0. The summed E-state index contributed by atoms with van der Waals surface area (Å²) in [5.41, 5.74) is 1.92. The van der Waals surface area contributed by atoms with E-state index in [1.807, 2.05) is 19.1 Å². The molecular formula is C15H20O2. The zero-order valence-electron chi connectivity index (χ0n) is 10.4. The topological polar surface area (TPSA) is 26.3 Å². The van der Waals surface area contributed by atoms with Crippen molar-refractivity contribution < 1.29 is 9.53 Å².